The Morgan fingerprint density at radius 3 is 2.38 bits per heavy atom. The molecule has 0 fully saturated rings. The van der Waals surface area contributed by atoms with Gasteiger partial charge in [0.25, 0.3) is 0 Å². The summed E-state index contributed by atoms with van der Waals surface area (Å²) in [5.74, 6) is -0.0673. The molecule has 0 saturated heterocycles. The normalized spacial score (nSPS) is 11.9. The van der Waals surface area contributed by atoms with Crippen molar-refractivity contribution >= 4 is 28.1 Å². The van der Waals surface area contributed by atoms with Crippen LogP contribution >= 0.6 is 0 Å². The molecule has 0 radical (unpaired) electrons. The quantitative estimate of drug-likeness (QED) is 0.673. The molecule has 1 unspecified atom stereocenters. The van der Waals surface area contributed by atoms with Gasteiger partial charge in [0.15, 0.2) is 5.96 Å². The smallest absolute Gasteiger partial charge is 0.197 e. The van der Waals surface area contributed by atoms with Crippen molar-refractivity contribution in [3.63, 3.8) is 0 Å². The van der Waals surface area contributed by atoms with E-state index in [1.54, 1.807) is 23.3 Å². The van der Waals surface area contributed by atoms with Gasteiger partial charge in [0.1, 0.15) is 0 Å². The number of nitrogens with two attached hydrogens (primary N) is 1. The molecule has 110 valence electrons. The van der Waals surface area contributed by atoms with Crippen molar-refractivity contribution in [2.45, 2.75) is 18.2 Å². The molecule has 1 atom stereocenters. The fourth-order valence-corrected chi connectivity index (χ4v) is 2.70. The summed E-state index contributed by atoms with van der Waals surface area (Å²) in [6.07, 6.45) is 2.55. The van der Waals surface area contributed by atoms with E-state index in [1.165, 1.54) is 5.56 Å². The van der Waals surface area contributed by atoms with Gasteiger partial charge in [0, 0.05) is 27.6 Å². The lowest BCUT2D eigenvalue weighted by molar-refractivity contribution is 0.687. The van der Waals surface area contributed by atoms with Gasteiger partial charge in [-0.15, -0.1) is 0 Å². The Bertz CT molecular complexity index is 685. The average Bonchev–Trinajstić information content (AvgIpc) is 2.47. The summed E-state index contributed by atoms with van der Waals surface area (Å²) in [6.45, 7) is 2.08. The highest BCUT2D eigenvalue weighted by Gasteiger charge is 2.13. The minimum atomic E-state index is -1.07. The van der Waals surface area contributed by atoms with Crippen molar-refractivity contribution in [1.82, 2.24) is 0 Å². The second kappa shape index (κ2) is 6.54. The Balaban J connectivity index is 2.50. The van der Waals surface area contributed by atoms with E-state index >= 15 is 0 Å². The average molecular weight is 301 g/mol. The Morgan fingerprint density at radius 1 is 1.19 bits per heavy atom. The van der Waals surface area contributed by atoms with Crippen LogP contribution < -0.4 is 10.6 Å². The Kier molecular flexibility index (Phi) is 4.75. The maximum Gasteiger partial charge on any atom is 0.197 e. The number of anilines is 2. The molecule has 0 bridgehead atoms. The first kappa shape index (κ1) is 15.3. The lowest BCUT2D eigenvalue weighted by Crippen LogP contribution is -2.32. The second-order valence-electron chi connectivity index (χ2n) is 4.70. The number of rotatable bonds is 4. The molecule has 0 aliphatic heterocycles. The van der Waals surface area contributed by atoms with E-state index in [2.05, 4.69) is 6.92 Å². The van der Waals surface area contributed by atoms with Gasteiger partial charge in [0.2, 0.25) is 0 Å². The van der Waals surface area contributed by atoms with Crippen LogP contribution in [0.5, 0.6) is 0 Å². The minimum absolute atomic E-state index is 0.0673. The summed E-state index contributed by atoms with van der Waals surface area (Å²) >= 11 is 0. The number of aryl methyl sites for hydroxylation is 1. The maximum absolute atomic E-state index is 11.6. The molecule has 0 saturated carbocycles. The van der Waals surface area contributed by atoms with Gasteiger partial charge >= 0.3 is 0 Å². The second-order valence-corrected chi connectivity index (χ2v) is 6.08. The van der Waals surface area contributed by atoms with Crippen LogP contribution in [0.15, 0.2) is 53.4 Å². The maximum atomic E-state index is 11.6. The lowest BCUT2D eigenvalue weighted by Gasteiger charge is -2.23. The van der Waals surface area contributed by atoms with Crippen LogP contribution in [0.1, 0.15) is 12.5 Å². The zero-order chi connectivity index (χ0) is 15.4. The topological polar surface area (TPSA) is 70.2 Å². The number of benzene rings is 2. The third-order valence-electron chi connectivity index (χ3n) is 3.23. The van der Waals surface area contributed by atoms with Crippen molar-refractivity contribution in [3.8, 4) is 0 Å². The minimum Gasteiger partial charge on any atom is -0.369 e. The van der Waals surface area contributed by atoms with E-state index in [4.69, 9.17) is 11.1 Å². The van der Waals surface area contributed by atoms with E-state index in [0.717, 1.165) is 17.8 Å². The Morgan fingerprint density at radius 2 is 1.81 bits per heavy atom. The highest BCUT2D eigenvalue weighted by molar-refractivity contribution is 7.84. The van der Waals surface area contributed by atoms with Gasteiger partial charge in [-0.3, -0.25) is 14.5 Å². The summed E-state index contributed by atoms with van der Waals surface area (Å²) in [5.41, 5.74) is 8.50. The molecule has 5 heteroatoms. The first-order chi connectivity index (χ1) is 10.0. The highest BCUT2D eigenvalue weighted by Crippen LogP contribution is 2.27. The van der Waals surface area contributed by atoms with E-state index in [0.29, 0.717) is 4.90 Å². The zero-order valence-electron chi connectivity index (χ0n) is 12.2. The molecule has 2 rings (SSSR count). The van der Waals surface area contributed by atoms with Gasteiger partial charge < -0.3 is 5.73 Å². The molecule has 0 aliphatic rings. The van der Waals surface area contributed by atoms with Crippen LogP contribution in [0.4, 0.5) is 11.4 Å². The summed E-state index contributed by atoms with van der Waals surface area (Å²) in [6, 6.07) is 15.2. The van der Waals surface area contributed by atoms with Crippen LogP contribution in [-0.2, 0) is 17.2 Å². The molecule has 3 N–H and O–H groups in total. The van der Waals surface area contributed by atoms with E-state index in [1.807, 2.05) is 36.4 Å². The van der Waals surface area contributed by atoms with E-state index in [9.17, 15) is 4.21 Å². The fraction of sp³-hybridized carbons (Fsp3) is 0.188. The number of hydrogen-bond donors (Lipinski definition) is 2. The molecule has 0 heterocycles. The van der Waals surface area contributed by atoms with Gasteiger partial charge in [-0.25, -0.2) is 0 Å². The first-order valence-electron chi connectivity index (χ1n) is 6.69. The summed E-state index contributed by atoms with van der Waals surface area (Å²) in [7, 11) is -1.07. The standard InChI is InChI=1S/C16H19N3OS/c1-3-12-6-4-7-13(10-12)19(16(17)18)14-8-5-9-15(11-14)21(2)20/h4-11H,3H2,1-2H3,(H3,17,18). The van der Waals surface area contributed by atoms with Gasteiger partial charge in [-0.1, -0.05) is 25.1 Å². The molecule has 4 nitrogen and oxygen atoms in total. The number of hydrogen-bond acceptors (Lipinski definition) is 2. The van der Waals surface area contributed by atoms with Crippen molar-refractivity contribution < 1.29 is 4.21 Å². The Hall–Kier alpha value is -2.14. The van der Waals surface area contributed by atoms with Crippen LogP contribution in [0.2, 0.25) is 0 Å². The highest BCUT2D eigenvalue weighted by atomic mass is 32.2. The third kappa shape index (κ3) is 3.49. The molecule has 0 aliphatic carbocycles. The predicted molar refractivity (Wildman–Crippen MR) is 88.6 cm³/mol. The van der Waals surface area contributed by atoms with Gasteiger partial charge in [-0.2, -0.15) is 0 Å². The molecule has 2 aromatic rings. The third-order valence-corrected chi connectivity index (χ3v) is 4.14. The molecule has 0 aromatic heterocycles. The van der Waals surface area contributed by atoms with Gasteiger partial charge in [-0.05, 0) is 42.3 Å². The van der Waals surface area contributed by atoms with Crippen molar-refractivity contribution in [3.05, 3.63) is 54.1 Å². The summed E-state index contributed by atoms with van der Waals surface area (Å²) in [4.78, 5) is 2.36. The lowest BCUT2D eigenvalue weighted by atomic mass is 10.1. The van der Waals surface area contributed by atoms with Crippen LogP contribution in [0.3, 0.4) is 0 Å². The van der Waals surface area contributed by atoms with Crippen LogP contribution in [-0.4, -0.2) is 16.4 Å². The Labute approximate surface area is 127 Å². The van der Waals surface area contributed by atoms with Crippen molar-refractivity contribution in [1.29, 1.82) is 5.41 Å². The molecular formula is C16H19N3OS. The molecule has 21 heavy (non-hydrogen) atoms. The SMILES string of the molecule is CCc1cccc(N(C(=N)N)c2cccc(S(C)=O)c2)c1. The summed E-state index contributed by atoms with van der Waals surface area (Å²) < 4.78 is 11.6. The van der Waals surface area contributed by atoms with Crippen molar-refractivity contribution in [2.24, 2.45) is 5.73 Å². The zero-order valence-corrected chi connectivity index (χ0v) is 13.0. The molecule has 0 amide bonds. The number of nitrogens with zero attached hydrogens (tertiary/aromatic N) is 1. The molecular weight excluding hydrogens is 282 g/mol. The van der Waals surface area contributed by atoms with E-state index < -0.39 is 10.8 Å². The van der Waals surface area contributed by atoms with Crippen LogP contribution in [0.25, 0.3) is 0 Å². The number of guanidine groups is 1. The predicted octanol–water partition coefficient (Wildman–Crippen LogP) is 3.02. The van der Waals surface area contributed by atoms with E-state index in [-0.39, 0.29) is 5.96 Å². The first-order valence-corrected chi connectivity index (χ1v) is 8.25. The van der Waals surface area contributed by atoms with Crippen molar-refractivity contribution in [2.75, 3.05) is 11.2 Å². The fourth-order valence-electron chi connectivity index (χ4n) is 2.14. The van der Waals surface area contributed by atoms with Crippen LogP contribution in [0, 0.1) is 5.41 Å². The largest absolute Gasteiger partial charge is 0.369 e. The molecule has 0 spiro atoms. The number of nitrogens with one attached hydrogen (secondary N) is 1. The monoisotopic (exact) mass is 301 g/mol. The van der Waals surface area contributed by atoms with Gasteiger partial charge in [0.05, 0.1) is 5.69 Å². The molecule has 2 aromatic carbocycles. The summed E-state index contributed by atoms with van der Waals surface area (Å²) in [5, 5.41) is 7.86.